The summed E-state index contributed by atoms with van der Waals surface area (Å²) in [4.78, 5) is 0.0618. The number of hydrogen-bond donors (Lipinski definition) is 1. The zero-order valence-corrected chi connectivity index (χ0v) is 14.0. The van der Waals surface area contributed by atoms with Gasteiger partial charge in [0.25, 0.3) is 0 Å². The quantitative estimate of drug-likeness (QED) is 0.786. The summed E-state index contributed by atoms with van der Waals surface area (Å²) in [7, 11) is -3.64. The zero-order valence-electron chi connectivity index (χ0n) is 13.2. The number of nitrogen functional groups attached to an aromatic ring is 1. The number of nitrogens with two attached hydrogens (primary N) is 1. The van der Waals surface area contributed by atoms with Gasteiger partial charge >= 0.3 is 0 Å². The van der Waals surface area contributed by atoms with Crippen LogP contribution in [0.4, 0.5) is 10.1 Å². The average Bonchev–Trinajstić information content (AvgIpc) is 2.45. The molecule has 0 amide bonds. The molecule has 0 fully saturated rings. The van der Waals surface area contributed by atoms with E-state index in [1.54, 1.807) is 6.92 Å². The standard InChI is InChI=1S/C15H25FN2O2S/c1-5-12(6-2)10-18(7-3)21(19,20)13-8-11(4)15(16)14(17)9-13/h8-9,12H,5-7,10,17H2,1-4H3. The number of rotatable bonds is 7. The normalized spacial score (nSPS) is 12.3. The van der Waals surface area contributed by atoms with E-state index in [1.165, 1.54) is 23.4 Å². The first-order valence-corrected chi connectivity index (χ1v) is 8.77. The fourth-order valence-corrected chi connectivity index (χ4v) is 3.94. The molecule has 1 rings (SSSR count). The Kier molecular flexibility index (Phi) is 6.16. The molecule has 4 nitrogen and oxygen atoms in total. The topological polar surface area (TPSA) is 63.4 Å². The SMILES string of the molecule is CCC(CC)CN(CC)S(=O)(=O)c1cc(C)c(F)c(N)c1. The summed E-state index contributed by atoms with van der Waals surface area (Å²) < 4.78 is 40.4. The highest BCUT2D eigenvalue weighted by Crippen LogP contribution is 2.24. The van der Waals surface area contributed by atoms with E-state index in [0.717, 1.165) is 12.8 Å². The van der Waals surface area contributed by atoms with Crippen molar-refractivity contribution in [2.75, 3.05) is 18.8 Å². The Hall–Kier alpha value is -1.14. The van der Waals surface area contributed by atoms with Crippen LogP contribution in [0.5, 0.6) is 0 Å². The lowest BCUT2D eigenvalue weighted by atomic mass is 10.0. The van der Waals surface area contributed by atoms with Crippen molar-refractivity contribution < 1.29 is 12.8 Å². The molecule has 0 radical (unpaired) electrons. The Bertz CT molecular complexity index is 560. The van der Waals surface area contributed by atoms with Gasteiger partial charge in [-0.1, -0.05) is 33.6 Å². The third kappa shape index (κ3) is 3.95. The molecule has 120 valence electrons. The Balaban J connectivity index is 3.19. The minimum absolute atomic E-state index is 0.0618. The van der Waals surface area contributed by atoms with Gasteiger partial charge in [0, 0.05) is 13.1 Å². The van der Waals surface area contributed by atoms with Gasteiger partial charge in [-0.2, -0.15) is 4.31 Å². The molecule has 0 unspecified atom stereocenters. The number of halogens is 1. The summed E-state index contributed by atoms with van der Waals surface area (Å²) in [6, 6.07) is 2.55. The van der Waals surface area contributed by atoms with Crippen LogP contribution in [-0.4, -0.2) is 25.8 Å². The van der Waals surface area contributed by atoms with Crippen molar-refractivity contribution in [1.82, 2.24) is 4.31 Å². The molecule has 6 heteroatoms. The maximum atomic E-state index is 13.6. The summed E-state index contributed by atoms with van der Waals surface area (Å²) in [5.74, 6) is -0.240. The Labute approximate surface area is 127 Å². The minimum Gasteiger partial charge on any atom is -0.396 e. The number of aryl methyl sites for hydroxylation is 1. The molecule has 0 aliphatic rings. The predicted molar refractivity (Wildman–Crippen MR) is 84.1 cm³/mol. The highest BCUT2D eigenvalue weighted by atomic mass is 32.2. The van der Waals surface area contributed by atoms with Crippen LogP contribution in [0, 0.1) is 18.7 Å². The summed E-state index contributed by atoms with van der Waals surface area (Å²) in [5.41, 5.74) is 5.67. The van der Waals surface area contributed by atoms with Gasteiger partial charge in [0.1, 0.15) is 5.82 Å². The summed E-state index contributed by atoms with van der Waals surface area (Å²) in [6.07, 6.45) is 1.85. The van der Waals surface area contributed by atoms with Crippen molar-refractivity contribution in [2.24, 2.45) is 5.92 Å². The molecule has 0 saturated carbocycles. The first-order chi connectivity index (χ1) is 9.77. The molecule has 1 aromatic rings. The molecular formula is C15H25FN2O2S. The van der Waals surface area contributed by atoms with Gasteiger partial charge in [-0.15, -0.1) is 0 Å². The van der Waals surface area contributed by atoms with Gasteiger partial charge in [0.2, 0.25) is 10.0 Å². The van der Waals surface area contributed by atoms with Gasteiger partial charge in [0.15, 0.2) is 0 Å². The molecule has 0 aliphatic heterocycles. The minimum atomic E-state index is -3.64. The van der Waals surface area contributed by atoms with Crippen molar-refractivity contribution in [1.29, 1.82) is 0 Å². The molecule has 21 heavy (non-hydrogen) atoms. The van der Waals surface area contributed by atoms with Crippen LogP contribution in [0.3, 0.4) is 0 Å². The second-order valence-corrected chi connectivity index (χ2v) is 7.22. The van der Waals surface area contributed by atoms with Crippen LogP contribution in [0.2, 0.25) is 0 Å². The highest BCUT2D eigenvalue weighted by molar-refractivity contribution is 7.89. The Morgan fingerprint density at radius 1 is 1.24 bits per heavy atom. The van der Waals surface area contributed by atoms with Crippen LogP contribution >= 0.6 is 0 Å². The van der Waals surface area contributed by atoms with Crippen molar-refractivity contribution >= 4 is 15.7 Å². The van der Waals surface area contributed by atoms with E-state index < -0.39 is 15.8 Å². The monoisotopic (exact) mass is 316 g/mol. The molecule has 0 spiro atoms. The number of benzene rings is 1. The maximum absolute atomic E-state index is 13.6. The number of sulfonamides is 1. The molecule has 0 aliphatic carbocycles. The Morgan fingerprint density at radius 2 is 1.81 bits per heavy atom. The molecule has 2 N–H and O–H groups in total. The summed E-state index contributed by atoms with van der Waals surface area (Å²) in [6.45, 7) is 8.28. The average molecular weight is 316 g/mol. The number of hydrogen-bond acceptors (Lipinski definition) is 3. The largest absolute Gasteiger partial charge is 0.396 e. The van der Waals surface area contributed by atoms with E-state index in [4.69, 9.17) is 5.73 Å². The molecule has 0 saturated heterocycles. The lowest BCUT2D eigenvalue weighted by Gasteiger charge is -2.25. The third-order valence-corrected chi connectivity index (χ3v) is 5.78. The van der Waals surface area contributed by atoms with Crippen LogP contribution in [0.1, 0.15) is 39.2 Å². The van der Waals surface area contributed by atoms with Crippen molar-refractivity contribution in [2.45, 2.75) is 45.4 Å². The van der Waals surface area contributed by atoms with Gasteiger partial charge in [-0.25, -0.2) is 12.8 Å². The second-order valence-electron chi connectivity index (χ2n) is 5.28. The van der Waals surface area contributed by atoms with E-state index in [-0.39, 0.29) is 16.1 Å². The van der Waals surface area contributed by atoms with Crippen molar-refractivity contribution in [3.8, 4) is 0 Å². The first-order valence-electron chi connectivity index (χ1n) is 7.33. The van der Waals surface area contributed by atoms with Crippen molar-refractivity contribution in [3.05, 3.63) is 23.5 Å². The lowest BCUT2D eigenvalue weighted by Crippen LogP contribution is -2.35. The van der Waals surface area contributed by atoms with Crippen LogP contribution in [0.25, 0.3) is 0 Å². The maximum Gasteiger partial charge on any atom is 0.243 e. The van der Waals surface area contributed by atoms with Gasteiger partial charge in [-0.05, 0) is 30.5 Å². The van der Waals surface area contributed by atoms with Crippen LogP contribution < -0.4 is 5.73 Å². The first kappa shape index (κ1) is 17.9. The van der Waals surface area contributed by atoms with E-state index >= 15 is 0 Å². The van der Waals surface area contributed by atoms with Gasteiger partial charge in [-0.3, -0.25) is 0 Å². The molecular weight excluding hydrogens is 291 g/mol. The molecule has 0 bridgehead atoms. The van der Waals surface area contributed by atoms with Gasteiger partial charge in [0.05, 0.1) is 10.6 Å². The van der Waals surface area contributed by atoms with Crippen LogP contribution in [0.15, 0.2) is 17.0 Å². The number of anilines is 1. The summed E-state index contributed by atoms with van der Waals surface area (Å²) >= 11 is 0. The predicted octanol–water partition coefficient (Wildman–Crippen LogP) is 3.16. The molecule has 0 heterocycles. The second kappa shape index (κ2) is 7.22. The summed E-state index contributed by atoms with van der Waals surface area (Å²) in [5, 5.41) is 0. The fourth-order valence-electron chi connectivity index (χ4n) is 2.29. The lowest BCUT2D eigenvalue weighted by molar-refractivity contribution is 0.339. The molecule has 0 aromatic heterocycles. The fraction of sp³-hybridized carbons (Fsp3) is 0.600. The zero-order chi connectivity index (χ0) is 16.2. The van der Waals surface area contributed by atoms with E-state index in [2.05, 4.69) is 13.8 Å². The smallest absolute Gasteiger partial charge is 0.243 e. The van der Waals surface area contributed by atoms with E-state index in [0.29, 0.717) is 19.0 Å². The number of nitrogens with zero attached hydrogens (tertiary/aromatic N) is 1. The van der Waals surface area contributed by atoms with E-state index in [1.807, 2.05) is 0 Å². The molecule has 0 atom stereocenters. The van der Waals surface area contributed by atoms with E-state index in [9.17, 15) is 12.8 Å². The van der Waals surface area contributed by atoms with Gasteiger partial charge < -0.3 is 5.73 Å². The van der Waals surface area contributed by atoms with Crippen molar-refractivity contribution in [3.63, 3.8) is 0 Å². The Morgan fingerprint density at radius 3 is 2.24 bits per heavy atom. The highest BCUT2D eigenvalue weighted by Gasteiger charge is 2.26. The molecule has 1 aromatic carbocycles. The van der Waals surface area contributed by atoms with Crippen LogP contribution in [-0.2, 0) is 10.0 Å². The third-order valence-electron chi connectivity index (χ3n) is 3.86.